The molecule has 0 saturated carbocycles. The fourth-order valence-electron chi connectivity index (χ4n) is 18.0. The number of carbonyl (C=O) groups is 2. The molecule has 0 unspecified atom stereocenters. The van der Waals surface area contributed by atoms with Crippen molar-refractivity contribution in [3.63, 3.8) is 0 Å². The molecule has 6 heteroatoms. The Morgan fingerprint density at radius 3 is 0.473 bits per heavy atom. The first-order chi connectivity index (χ1) is 55.1. The molecule has 0 aromatic carbocycles. The van der Waals surface area contributed by atoms with E-state index in [4.69, 9.17) is 0 Å². The van der Waals surface area contributed by atoms with E-state index in [0.29, 0.717) is 5.91 Å². The molecule has 0 aliphatic carbocycles. The van der Waals surface area contributed by atoms with Gasteiger partial charge in [-0.3, -0.25) is 4.79 Å². The van der Waals surface area contributed by atoms with Crippen LogP contribution in [0, 0.1) is 0 Å². The standard InChI is InChI=1S/C106H211NO3S.Na/c1-3-5-6-7-8-9-83-88-93-98-103-111-104-99-94-89-84-79-77-75-73-71-69-67-65-63-61-59-57-55-53-51-49-47-45-43-41-39-37-35-33-31-29-27-25-23-21-19-17-15-13-11-10-12-14-16-18-20-22-24-26-28-30-32-34-36-38-40-42-44-46-48-50-52-54-56-58-60-62-64-66-68-70-72-74-76-78-80-85-90-95-100-105(108)107(4-2)102-97-92-87-82-81-86-91-96-101-106(109)110;/h3-104H2,1-2H3,(H,109,110);/q;+1/p-1. The number of amides is 1. The van der Waals surface area contributed by atoms with Gasteiger partial charge in [-0.15, -0.1) is 0 Å². The minimum atomic E-state index is -0.927. The fourth-order valence-corrected chi connectivity index (χ4v) is 19.0. The molecule has 4 nitrogen and oxygen atoms in total. The third-order valence-electron chi connectivity index (χ3n) is 25.9. The Bertz CT molecular complexity index is 1660. The van der Waals surface area contributed by atoms with Crippen LogP contribution in [-0.4, -0.2) is 41.4 Å². The number of carboxylic acid groups (broad SMARTS) is 1. The maximum absolute atomic E-state index is 12.7. The van der Waals surface area contributed by atoms with Gasteiger partial charge in [0.25, 0.3) is 0 Å². The predicted molar refractivity (Wildman–Crippen MR) is 503 cm³/mol. The van der Waals surface area contributed by atoms with E-state index in [-0.39, 0.29) is 36.0 Å². The van der Waals surface area contributed by atoms with Crippen molar-refractivity contribution in [3.05, 3.63) is 0 Å². The maximum atomic E-state index is 12.7. The van der Waals surface area contributed by atoms with Crippen LogP contribution in [0.25, 0.3) is 0 Å². The van der Waals surface area contributed by atoms with E-state index in [0.717, 1.165) is 51.6 Å². The van der Waals surface area contributed by atoms with Gasteiger partial charge in [-0.05, 0) is 57.0 Å². The number of thioether (sulfide) groups is 1. The second-order valence-electron chi connectivity index (χ2n) is 37.0. The summed E-state index contributed by atoms with van der Waals surface area (Å²) in [5.41, 5.74) is 0. The molecule has 0 aromatic heterocycles. The van der Waals surface area contributed by atoms with Gasteiger partial charge in [0, 0.05) is 25.5 Å². The molecule has 0 spiro atoms. The van der Waals surface area contributed by atoms with Crippen molar-refractivity contribution in [2.24, 2.45) is 0 Å². The summed E-state index contributed by atoms with van der Waals surface area (Å²) in [6.07, 6.45) is 139. The van der Waals surface area contributed by atoms with Gasteiger partial charge < -0.3 is 14.8 Å². The van der Waals surface area contributed by atoms with E-state index in [1.165, 1.54) is 596 Å². The van der Waals surface area contributed by atoms with Crippen LogP contribution < -0.4 is 34.7 Å². The van der Waals surface area contributed by atoms with Gasteiger partial charge >= 0.3 is 29.6 Å². The molecule has 0 N–H and O–H groups in total. The molecule has 112 heavy (non-hydrogen) atoms. The summed E-state index contributed by atoms with van der Waals surface area (Å²) in [4.78, 5) is 25.3. The van der Waals surface area contributed by atoms with Gasteiger partial charge in [-0.1, -0.05) is 591 Å². The van der Waals surface area contributed by atoms with E-state index in [1.54, 1.807) is 0 Å². The quantitative estimate of drug-likeness (QED) is 0.0450. The maximum Gasteiger partial charge on any atom is 1.00 e. The third-order valence-corrected chi connectivity index (χ3v) is 27.0. The smallest absolute Gasteiger partial charge is 0.550 e. The number of unbranched alkanes of at least 4 members (excludes halogenated alkanes) is 93. The molecule has 0 heterocycles. The SMILES string of the molecule is CCCCCCCCCCCCSCCCCCCCCCCCCCCCCCCCCCCCCCCCCCCCCCCCCCCCCCCCCCCCCCCCCCCCCCCCCCCCCCCCCCCCCCCCCCCCCC(=O)N(CC)CCCCCCCCCCC(=O)[O-].[Na+]. The Hall–Kier alpha value is 0.290. The van der Waals surface area contributed by atoms with Crippen LogP contribution in [-0.2, 0) is 9.59 Å². The van der Waals surface area contributed by atoms with Crippen LogP contribution in [0.5, 0.6) is 0 Å². The number of rotatable bonds is 104. The Morgan fingerprint density at radius 1 is 0.188 bits per heavy atom. The molecule has 0 aromatic rings. The van der Waals surface area contributed by atoms with Crippen LogP contribution in [0.15, 0.2) is 0 Å². The van der Waals surface area contributed by atoms with E-state index in [1.807, 2.05) is 0 Å². The summed E-state index contributed by atoms with van der Waals surface area (Å²) in [6, 6.07) is 0. The monoisotopic (exact) mass is 1600 g/mol. The zero-order valence-electron chi connectivity index (χ0n) is 78.2. The molecular formula is C106H210NNaO3S. The first-order valence-electron chi connectivity index (χ1n) is 53.2. The number of aliphatic carboxylic acids is 1. The van der Waals surface area contributed by atoms with Crippen molar-refractivity contribution in [1.29, 1.82) is 0 Å². The summed E-state index contributed by atoms with van der Waals surface area (Å²) in [6.45, 7) is 6.16. The van der Waals surface area contributed by atoms with Gasteiger partial charge in [0.2, 0.25) is 5.91 Å². The summed E-state index contributed by atoms with van der Waals surface area (Å²) >= 11 is 2.23. The van der Waals surface area contributed by atoms with Crippen molar-refractivity contribution in [3.8, 4) is 0 Å². The van der Waals surface area contributed by atoms with Gasteiger partial charge in [0.15, 0.2) is 0 Å². The zero-order valence-corrected chi connectivity index (χ0v) is 81.0. The summed E-state index contributed by atoms with van der Waals surface area (Å²) in [5, 5.41) is 10.5. The molecular weight excluding hydrogens is 1390 g/mol. The minimum Gasteiger partial charge on any atom is -0.550 e. The number of nitrogens with zero attached hydrogens (tertiary/aromatic N) is 1. The van der Waals surface area contributed by atoms with Gasteiger partial charge in [-0.2, -0.15) is 11.8 Å². The zero-order chi connectivity index (χ0) is 79.6. The average Bonchev–Trinajstić information content (AvgIpc) is 0.955. The molecule has 0 aliphatic rings. The Labute approximate surface area is 734 Å². The molecule has 0 atom stereocenters. The molecule has 0 radical (unpaired) electrons. The van der Waals surface area contributed by atoms with Crippen molar-refractivity contribution >= 4 is 23.6 Å². The topological polar surface area (TPSA) is 60.4 Å². The number of carbonyl (C=O) groups excluding carboxylic acids is 2. The largest absolute Gasteiger partial charge is 1.00 e. The molecule has 1 amide bonds. The predicted octanol–water partition coefficient (Wildman–Crippen LogP) is 34.6. The van der Waals surface area contributed by atoms with Crippen molar-refractivity contribution in [1.82, 2.24) is 4.90 Å². The number of carboxylic acids is 1. The molecule has 0 rings (SSSR count). The fraction of sp³-hybridized carbons (Fsp3) is 0.981. The molecule has 0 saturated heterocycles. The molecule has 0 bridgehead atoms. The van der Waals surface area contributed by atoms with Crippen molar-refractivity contribution in [2.45, 2.75) is 643 Å². The average molecular weight is 1600 g/mol. The van der Waals surface area contributed by atoms with Crippen LogP contribution in [0.3, 0.4) is 0 Å². The summed E-state index contributed by atoms with van der Waals surface area (Å²) in [7, 11) is 0. The molecule has 0 aliphatic heterocycles. The van der Waals surface area contributed by atoms with Gasteiger partial charge in [0.1, 0.15) is 0 Å². The summed E-state index contributed by atoms with van der Waals surface area (Å²) < 4.78 is 0. The summed E-state index contributed by atoms with van der Waals surface area (Å²) in [5.74, 6) is 2.25. The Balaban J connectivity index is 0. The first-order valence-corrected chi connectivity index (χ1v) is 54.3. The van der Waals surface area contributed by atoms with E-state index >= 15 is 0 Å². The first kappa shape index (κ1) is 114. The van der Waals surface area contributed by atoms with Gasteiger partial charge in [-0.25, -0.2) is 0 Å². The Kier molecular flexibility index (Phi) is 110. The van der Waals surface area contributed by atoms with Crippen molar-refractivity contribution in [2.75, 3.05) is 24.6 Å². The van der Waals surface area contributed by atoms with Crippen molar-refractivity contribution < 1.29 is 44.3 Å². The Morgan fingerprint density at radius 2 is 0.321 bits per heavy atom. The second-order valence-corrected chi connectivity index (χ2v) is 38.3. The second kappa shape index (κ2) is 107. The third kappa shape index (κ3) is 104. The molecule has 0 fully saturated rings. The molecule has 664 valence electrons. The number of hydrogen-bond acceptors (Lipinski definition) is 4. The van der Waals surface area contributed by atoms with E-state index in [9.17, 15) is 14.7 Å². The van der Waals surface area contributed by atoms with Crippen LogP contribution >= 0.6 is 11.8 Å². The van der Waals surface area contributed by atoms with Gasteiger partial charge in [0.05, 0.1) is 0 Å². The van der Waals surface area contributed by atoms with Crippen LogP contribution in [0.4, 0.5) is 0 Å². The number of hydrogen-bond donors (Lipinski definition) is 0. The van der Waals surface area contributed by atoms with E-state index in [2.05, 4.69) is 30.5 Å². The van der Waals surface area contributed by atoms with E-state index < -0.39 is 5.97 Å². The van der Waals surface area contributed by atoms with Crippen LogP contribution in [0.2, 0.25) is 0 Å². The van der Waals surface area contributed by atoms with Crippen LogP contribution in [0.1, 0.15) is 643 Å². The normalized spacial score (nSPS) is 11.6. The minimum absolute atomic E-state index is 0.